The van der Waals surface area contributed by atoms with Gasteiger partial charge in [0.1, 0.15) is 6.61 Å². The SMILES string of the molecule is CN(C)C(=O)c1sc2cnc(Nc3ccc(N4CCN(C(=O)CO)CC4)nn3)nc2c1C1CCCC1. The molecule has 1 saturated carbocycles. The fourth-order valence-electron chi connectivity index (χ4n) is 4.89. The van der Waals surface area contributed by atoms with Crippen molar-refractivity contribution in [2.75, 3.05) is 57.1 Å². The number of aliphatic hydroxyl groups excluding tert-OH is 1. The molecule has 2 aliphatic rings. The molecule has 190 valence electrons. The number of nitrogens with zero attached hydrogens (tertiary/aromatic N) is 7. The molecule has 2 amide bonds. The van der Waals surface area contributed by atoms with Gasteiger partial charge < -0.3 is 25.1 Å². The van der Waals surface area contributed by atoms with Crippen LogP contribution in [0.2, 0.25) is 0 Å². The monoisotopic (exact) mass is 510 g/mol. The van der Waals surface area contributed by atoms with Gasteiger partial charge >= 0.3 is 0 Å². The summed E-state index contributed by atoms with van der Waals surface area (Å²) in [6.07, 6.45) is 6.25. The van der Waals surface area contributed by atoms with Crippen LogP contribution in [-0.4, -0.2) is 93.8 Å². The van der Waals surface area contributed by atoms with E-state index >= 15 is 0 Å². The van der Waals surface area contributed by atoms with Crippen molar-refractivity contribution in [3.8, 4) is 0 Å². The number of aromatic nitrogens is 4. The predicted octanol–water partition coefficient (Wildman–Crippen LogP) is 2.23. The van der Waals surface area contributed by atoms with Crippen LogP contribution in [0.4, 0.5) is 17.6 Å². The summed E-state index contributed by atoms with van der Waals surface area (Å²) in [4.78, 5) is 39.9. The fourth-order valence-corrected chi connectivity index (χ4v) is 6.11. The molecule has 12 heteroatoms. The van der Waals surface area contributed by atoms with Crippen LogP contribution in [0.25, 0.3) is 10.2 Å². The number of hydrogen-bond donors (Lipinski definition) is 2. The second-order valence-corrected chi connectivity index (χ2v) is 10.4. The van der Waals surface area contributed by atoms with Crippen molar-refractivity contribution in [2.24, 2.45) is 0 Å². The van der Waals surface area contributed by atoms with Gasteiger partial charge in [-0.25, -0.2) is 9.97 Å². The third-order valence-corrected chi connectivity index (χ3v) is 7.93. The van der Waals surface area contributed by atoms with Crippen LogP contribution in [0.5, 0.6) is 0 Å². The lowest BCUT2D eigenvalue weighted by Gasteiger charge is -2.34. The minimum absolute atomic E-state index is 0.0115. The van der Waals surface area contributed by atoms with Gasteiger partial charge in [-0.1, -0.05) is 12.8 Å². The van der Waals surface area contributed by atoms with Crippen molar-refractivity contribution < 1.29 is 14.7 Å². The molecule has 0 atom stereocenters. The van der Waals surface area contributed by atoms with E-state index in [0.717, 1.165) is 39.3 Å². The maximum atomic E-state index is 12.9. The van der Waals surface area contributed by atoms with Gasteiger partial charge in [-0.2, -0.15) is 0 Å². The number of amides is 2. The Hall–Kier alpha value is -3.38. The molecule has 3 aromatic heterocycles. The van der Waals surface area contributed by atoms with Crippen molar-refractivity contribution in [1.82, 2.24) is 30.0 Å². The molecule has 0 bridgehead atoms. The molecule has 2 fully saturated rings. The summed E-state index contributed by atoms with van der Waals surface area (Å²) in [6.45, 7) is 1.87. The normalized spacial score (nSPS) is 16.5. The van der Waals surface area contributed by atoms with Gasteiger partial charge in [-0.05, 0) is 30.9 Å². The Balaban J connectivity index is 1.34. The van der Waals surface area contributed by atoms with Gasteiger partial charge in [-0.3, -0.25) is 9.59 Å². The summed E-state index contributed by atoms with van der Waals surface area (Å²) >= 11 is 1.47. The van der Waals surface area contributed by atoms with Gasteiger partial charge in [0.05, 0.1) is 21.3 Å². The van der Waals surface area contributed by atoms with E-state index in [1.165, 1.54) is 24.2 Å². The molecule has 2 N–H and O–H groups in total. The van der Waals surface area contributed by atoms with Gasteiger partial charge in [-0.15, -0.1) is 21.5 Å². The number of piperazine rings is 1. The Kier molecular flexibility index (Phi) is 6.97. The van der Waals surface area contributed by atoms with Crippen molar-refractivity contribution >= 4 is 51.0 Å². The van der Waals surface area contributed by atoms with E-state index in [4.69, 9.17) is 10.1 Å². The zero-order valence-electron chi connectivity index (χ0n) is 20.5. The Labute approximate surface area is 213 Å². The van der Waals surface area contributed by atoms with Gasteiger partial charge in [0, 0.05) is 45.8 Å². The Morgan fingerprint density at radius 3 is 2.53 bits per heavy atom. The standard InChI is InChI=1S/C24H30N8O3S/c1-30(2)23(35)22-20(15-5-3-4-6-15)21-16(36-22)13-25-24(27-21)26-17-7-8-18(29-28-17)31-9-11-32(12-10-31)19(34)14-33/h7-8,13,15,33H,3-6,9-12,14H2,1-2H3,(H,25,26,27,28). The number of aliphatic hydroxyl groups is 1. The summed E-state index contributed by atoms with van der Waals surface area (Å²) in [5, 5.41) is 20.8. The van der Waals surface area contributed by atoms with Gasteiger partial charge in [0.2, 0.25) is 11.9 Å². The summed E-state index contributed by atoms with van der Waals surface area (Å²) in [5.74, 6) is 1.76. The molecular formula is C24H30N8O3S. The number of fused-ring (bicyclic) bond motifs is 1. The van der Waals surface area contributed by atoms with E-state index in [1.54, 1.807) is 30.1 Å². The Morgan fingerprint density at radius 2 is 1.89 bits per heavy atom. The highest BCUT2D eigenvalue weighted by Gasteiger charge is 2.29. The quantitative estimate of drug-likeness (QED) is 0.513. The zero-order chi connectivity index (χ0) is 25.2. The number of anilines is 3. The van der Waals surface area contributed by atoms with Gasteiger partial charge in [0.15, 0.2) is 11.6 Å². The third-order valence-electron chi connectivity index (χ3n) is 6.81. The second-order valence-electron chi connectivity index (χ2n) is 9.36. The second kappa shape index (κ2) is 10.3. The molecule has 0 radical (unpaired) electrons. The lowest BCUT2D eigenvalue weighted by molar-refractivity contribution is -0.134. The molecule has 11 nitrogen and oxygen atoms in total. The van der Waals surface area contributed by atoms with Crippen molar-refractivity contribution in [3.05, 3.63) is 28.8 Å². The van der Waals surface area contributed by atoms with E-state index in [1.807, 2.05) is 12.1 Å². The first-order valence-electron chi connectivity index (χ1n) is 12.2. The molecule has 1 aliphatic carbocycles. The van der Waals surface area contributed by atoms with Crippen LogP contribution in [0.1, 0.15) is 46.8 Å². The van der Waals surface area contributed by atoms with Crippen molar-refractivity contribution in [2.45, 2.75) is 31.6 Å². The maximum absolute atomic E-state index is 12.9. The molecule has 0 unspecified atom stereocenters. The number of carbonyl (C=O) groups is 2. The van der Waals surface area contributed by atoms with Crippen LogP contribution < -0.4 is 10.2 Å². The van der Waals surface area contributed by atoms with Crippen molar-refractivity contribution in [1.29, 1.82) is 0 Å². The molecule has 5 rings (SSSR count). The first-order chi connectivity index (χ1) is 17.4. The number of thiophene rings is 1. The van der Waals surface area contributed by atoms with E-state index in [9.17, 15) is 9.59 Å². The fraction of sp³-hybridized carbons (Fsp3) is 0.500. The highest BCUT2D eigenvalue weighted by molar-refractivity contribution is 7.21. The first kappa shape index (κ1) is 24.3. The minimum atomic E-state index is -0.463. The van der Waals surface area contributed by atoms with E-state index in [-0.39, 0.29) is 11.8 Å². The van der Waals surface area contributed by atoms with Crippen molar-refractivity contribution in [3.63, 3.8) is 0 Å². The molecule has 36 heavy (non-hydrogen) atoms. The number of rotatable bonds is 6. The average Bonchev–Trinajstić information content (AvgIpc) is 3.56. The molecule has 1 aliphatic heterocycles. The van der Waals surface area contributed by atoms with Crippen LogP contribution in [0.15, 0.2) is 18.3 Å². The number of carbonyl (C=O) groups excluding carboxylic acids is 2. The summed E-state index contributed by atoms with van der Waals surface area (Å²) in [5.41, 5.74) is 1.89. The van der Waals surface area contributed by atoms with Crippen LogP contribution in [0.3, 0.4) is 0 Å². The van der Waals surface area contributed by atoms with E-state index in [0.29, 0.717) is 43.9 Å². The topological polar surface area (TPSA) is 128 Å². The predicted molar refractivity (Wildman–Crippen MR) is 138 cm³/mol. The largest absolute Gasteiger partial charge is 0.387 e. The van der Waals surface area contributed by atoms with Crippen LogP contribution in [-0.2, 0) is 4.79 Å². The highest BCUT2D eigenvalue weighted by Crippen LogP contribution is 2.43. The van der Waals surface area contributed by atoms with Crippen LogP contribution in [0, 0.1) is 0 Å². The minimum Gasteiger partial charge on any atom is -0.387 e. The third kappa shape index (κ3) is 4.82. The Bertz CT molecular complexity index is 1250. The molecule has 1 saturated heterocycles. The van der Waals surface area contributed by atoms with Crippen LogP contribution >= 0.6 is 11.3 Å². The number of nitrogens with one attached hydrogen (secondary N) is 1. The summed E-state index contributed by atoms with van der Waals surface area (Å²) in [7, 11) is 3.56. The highest BCUT2D eigenvalue weighted by atomic mass is 32.1. The molecular weight excluding hydrogens is 480 g/mol. The van der Waals surface area contributed by atoms with E-state index < -0.39 is 6.61 Å². The van der Waals surface area contributed by atoms with Gasteiger partial charge in [0.25, 0.3) is 5.91 Å². The summed E-state index contributed by atoms with van der Waals surface area (Å²) < 4.78 is 0.910. The Morgan fingerprint density at radius 1 is 1.14 bits per heavy atom. The molecule has 0 aromatic carbocycles. The molecule has 4 heterocycles. The lowest BCUT2D eigenvalue weighted by Crippen LogP contribution is -2.49. The zero-order valence-corrected chi connectivity index (χ0v) is 21.3. The summed E-state index contributed by atoms with van der Waals surface area (Å²) in [6, 6.07) is 3.70. The number of hydrogen-bond acceptors (Lipinski definition) is 10. The van der Waals surface area contributed by atoms with E-state index in [2.05, 4.69) is 25.4 Å². The molecule has 0 spiro atoms. The average molecular weight is 511 g/mol. The first-order valence-corrected chi connectivity index (χ1v) is 13.0. The molecule has 3 aromatic rings. The lowest BCUT2D eigenvalue weighted by atomic mass is 9.96. The smallest absolute Gasteiger partial charge is 0.263 e. The maximum Gasteiger partial charge on any atom is 0.263 e.